The van der Waals surface area contributed by atoms with Crippen molar-refractivity contribution in [3.8, 4) is 5.75 Å². The first-order valence-corrected chi connectivity index (χ1v) is 5.78. The highest BCUT2D eigenvalue weighted by Gasteiger charge is 2.15. The van der Waals surface area contributed by atoms with E-state index in [1.807, 2.05) is 19.1 Å². The Bertz CT molecular complexity index is 335. The van der Waals surface area contributed by atoms with Crippen molar-refractivity contribution < 1.29 is 5.11 Å². The molecule has 1 aromatic carbocycles. The molecular formula is C13H22N2O. The minimum absolute atomic E-state index is 0.289. The second-order valence-electron chi connectivity index (χ2n) is 4.54. The third kappa shape index (κ3) is 3.22. The summed E-state index contributed by atoms with van der Waals surface area (Å²) in [5.74, 6) is 0.984. The van der Waals surface area contributed by atoms with E-state index in [-0.39, 0.29) is 5.92 Å². The molecule has 1 rings (SSSR count). The molecule has 1 atom stereocenters. The first kappa shape index (κ1) is 13.0. The number of rotatable bonds is 5. The summed E-state index contributed by atoms with van der Waals surface area (Å²) in [4.78, 5) is 0. The third-order valence-electron chi connectivity index (χ3n) is 3.07. The highest BCUT2D eigenvalue weighted by atomic mass is 16.3. The molecule has 3 nitrogen and oxygen atoms in total. The maximum absolute atomic E-state index is 9.80. The van der Waals surface area contributed by atoms with Crippen LogP contribution < -0.4 is 11.5 Å². The molecule has 1 aromatic rings. The Morgan fingerprint density at radius 3 is 2.44 bits per heavy atom. The van der Waals surface area contributed by atoms with Gasteiger partial charge in [0, 0.05) is 0 Å². The number of benzene rings is 1. The third-order valence-corrected chi connectivity index (χ3v) is 3.07. The van der Waals surface area contributed by atoms with Crippen LogP contribution in [0.3, 0.4) is 0 Å². The van der Waals surface area contributed by atoms with Gasteiger partial charge in [0.25, 0.3) is 0 Å². The largest absolute Gasteiger partial charge is 0.508 e. The summed E-state index contributed by atoms with van der Waals surface area (Å²) in [5.41, 5.74) is 13.4. The Hall–Kier alpha value is -1.06. The van der Waals surface area contributed by atoms with Crippen LogP contribution in [0.1, 0.15) is 30.4 Å². The van der Waals surface area contributed by atoms with Crippen LogP contribution in [0.15, 0.2) is 18.2 Å². The number of nitrogens with two attached hydrogens (primary N) is 2. The molecule has 16 heavy (non-hydrogen) atoms. The van der Waals surface area contributed by atoms with Crippen LogP contribution >= 0.6 is 0 Å². The molecule has 0 aliphatic heterocycles. The van der Waals surface area contributed by atoms with Gasteiger partial charge in [0.05, 0.1) is 0 Å². The number of hydrogen-bond donors (Lipinski definition) is 3. The normalized spacial score (nSPS) is 13.1. The van der Waals surface area contributed by atoms with Crippen LogP contribution in [-0.2, 0) is 0 Å². The molecule has 5 N–H and O–H groups in total. The molecule has 0 saturated heterocycles. The zero-order valence-corrected chi connectivity index (χ0v) is 10.1. The van der Waals surface area contributed by atoms with E-state index in [0.717, 1.165) is 17.5 Å². The summed E-state index contributed by atoms with van der Waals surface area (Å²) in [6.07, 6.45) is 0.921. The Morgan fingerprint density at radius 1 is 1.25 bits per heavy atom. The van der Waals surface area contributed by atoms with Crippen LogP contribution in [0.5, 0.6) is 5.75 Å². The van der Waals surface area contributed by atoms with Gasteiger partial charge in [-0.1, -0.05) is 24.6 Å². The topological polar surface area (TPSA) is 72.3 Å². The van der Waals surface area contributed by atoms with Gasteiger partial charge >= 0.3 is 0 Å². The van der Waals surface area contributed by atoms with Gasteiger partial charge in [-0.25, -0.2) is 0 Å². The lowest BCUT2D eigenvalue weighted by atomic mass is 9.89. The van der Waals surface area contributed by atoms with Crippen LogP contribution in [0, 0.1) is 12.8 Å². The van der Waals surface area contributed by atoms with Gasteiger partial charge in [-0.05, 0) is 49.9 Å². The molecule has 0 aliphatic carbocycles. The molecule has 0 amide bonds. The molecule has 3 heteroatoms. The zero-order chi connectivity index (χ0) is 12.1. The fraction of sp³-hybridized carbons (Fsp3) is 0.538. The average molecular weight is 222 g/mol. The first-order chi connectivity index (χ1) is 7.58. The molecule has 0 aromatic heterocycles. The zero-order valence-electron chi connectivity index (χ0n) is 10.1. The summed E-state index contributed by atoms with van der Waals surface area (Å²) in [6, 6.07) is 5.69. The number of hydrogen-bond acceptors (Lipinski definition) is 3. The summed E-state index contributed by atoms with van der Waals surface area (Å²) in [5, 5.41) is 9.80. The monoisotopic (exact) mass is 222 g/mol. The molecule has 1 unspecified atom stereocenters. The first-order valence-electron chi connectivity index (χ1n) is 5.78. The molecule has 0 fully saturated rings. The SMILES string of the molecule is Cc1ccc(O)c(C(C)CC(CN)CN)c1. The molecule has 90 valence electrons. The quantitative estimate of drug-likeness (QED) is 0.710. The van der Waals surface area contributed by atoms with Crippen molar-refractivity contribution in [3.63, 3.8) is 0 Å². The van der Waals surface area contributed by atoms with Crippen LogP contribution in [0.2, 0.25) is 0 Å². The summed E-state index contributed by atoms with van der Waals surface area (Å²) >= 11 is 0. The Labute approximate surface area is 97.5 Å². The summed E-state index contributed by atoms with van der Waals surface area (Å²) in [7, 11) is 0. The maximum atomic E-state index is 9.80. The number of aryl methyl sites for hydroxylation is 1. The van der Waals surface area contributed by atoms with Crippen molar-refractivity contribution >= 4 is 0 Å². The minimum Gasteiger partial charge on any atom is -0.508 e. The van der Waals surface area contributed by atoms with E-state index >= 15 is 0 Å². The van der Waals surface area contributed by atoms with E-state index in [1.165, 1.54) is 0 Å². The molecule has 0 saturated carbocycles. The van der Waals surface area contributed by atoms with Gasteiger partial charge in [-0.3, -0.25) is 0 Å². The van der Waals surface area contributed by atoms with Crippen molar-refractivity contribution in [2.45, 2.75) is 26.2 Å². The van der Waals surface area contributed by atoms with Crippen LogP contribution in [0.25, 0.3) is 0 Å². The smallest absolute Gasteiger partial charge is 0.119 e. The Kier molecular flexibility index (Phi) is 4.77. The maximum Gasteiger partial charge on any atom is 0.119 e. The molecular weight excluding hydrogens is 200 g/mol. The second-order valence-corrected chi connectivity index (χ2v) is 4.54. The lowest BCUT2D eigenvalue weighted by Crippen LogP contribution is -2.24. The lowest BCUT2D eigenvalue weighted by Gasteiger charge is -2.19. The molecule has 0 bridgehead atoms. The minimum atomic E-state index is 0.289. The van der Waals surface area contributed by atoms with Crippen molar-refractivity contribution in [2.24, 2.45) is 17.4 Å². The second kappa shape index (κ2) is 5.87. The van der Waals surface area contributed by atoms with Gasteiger partial charge in [0.2, 0.25) is 0 Å². The molecule has 0 spiro atoms. The van der Waals surface area contributed by atoms with Gasteiger partial charge in [0.1, 0.15) is 5.75 Å². The van der Waals surface area contributed by atoms with Gasteiger partial charge in [-0.2, -0.15) is 0 Å². The lowest BCUT2D eigenvalue weighted by molar-refractivity contribution is 0.434. The fourth-order valence-corrected chi connectivity index (χ4v) is 1.98. The van der Waals surface area contributed by atoms with E-state index in [9.17, 15) is 5.11 Å². The van der Waals surface area contributed by atoms with Gasteiger partial charge in [0.15, 0.2) is 0 Å². The van der Waals surface area contributed by atoms with E-state index in [1.54, 1.807) is 6.07 Å². The van der Waals surface area contributed by atoms with Crippen molar-refractivity contribution in [1.29, 1.82) is 0 Å². The Balaban J connectivity index is 2.79. The standard InChI is InChI=1S/C13H22N2O/c1-9-3-4-13(16)12(5-9)10(2)6-11(7-14)8-15/h3-5,10-11,16H,6-8,14-15H2,1-2H3. The number of phenolic OH excluding ortho intramolecular Hbond substituents is 1. The summed E-state index contributed by atoms with van der Waals surface area (Å²) in [6.45, 7) is 5.34. The predicted molar refractivity (Wildman–Crippen MR) is 67.5 cm³/mol. The Morgan fingerprint density at radius 2 is 1.88 bits per heavy atom. The van der Waals surface area contributed by atoms with E-state index in [2.05, 4.69) is 6.92 Å². The highest BCUT2D eigenvalue weighted by Crippen LogP contribution is 2.30. The number of phenols is 1. The highest BCUT2D eigenvalue weighted by molar-refractivity contribution is 5.38. The fourth-order valence-electron chi connectivity index (χ4n) is 1.98. The predicted octanol–water partition coefficient (Wildman–Crippen LogP) is 1.73. The molecule has 0 radical (unpaired) electrons. The summed E-state index contributed by atoms with van der Waals surface area (Å²) < 4.78 is 0. The van der Waals surface area contributed by atoms with Gasteiger partial charge in [-0.15, -0.1) is 0 Å². The van der Waals surface area contributed by atoms with Gasteiger partial charge < -0.3 is 16.6 Å². The van der Waals surface area contributed by atoms with Crippen LogP contribution in [0.4, 0.5) is 0 Å². The van der Waals surface area contributed by atoms with Crippen LogP contribution in [-0.4, -0.2) is 18.2 Å². The average Bonchev–Trinajstić information content (AvgIpc) is 2.28. The van der Waals surface area contributed by atoms with Crippen molar-refractivity contribution in [1.82, 2.24) is 0 Å². The number of aromatic hydroxyl groups is 1. The van der Waals surface area contributed by atoms with E-state index < -0.39 is 0 Å². The van der Waals surface area contributed by atoms with E-state index in [4.69, 9.17) is 11.5 Å². The van der Waals surface area contributed by atoms with Crippen molar-refractivity contribution in [2.75, 3.05) is 13.1 Å². The molecule has 0 aliphatic rings. The van der Waals surface area contributed by atoms with E-state index in [0.29, 0.717) is 24.8 Å². The molecule has 0 heterocycles. The van der Waals surface area contributed by atoms with Crippen molar-refractivity contribution in [3.05, 3.63) is 29.3 Å².